The third-order valence-corrected chi connectivity index (χ3v) is 5.60. The highest BCUT2D eigenvalue weighted by atomic mass is 35.5. The highest BCUT2D eigenvalue weighted by molar-refractivity contribution is 6.30. The van der Waals surface area contributed by atoms with Crippen molar-refractivity contribution >= 4 is 23.4 Å². The van der Waals surface area contributed by atoms with Gasteiger partial charge >= 0.3 is 0 Å². The molecule has 154 valence electrons. The van der Waals surface area contributed by atoms with Gasteiger partial charge in [0.15, 0.2) is 0 Å². The monoisotopic (exact) mass is 422 g/mol. The van der Waals surface area contributed by atoms with E-state index in [2.05, 4.69) is 12.0 Å². The highest BCUT2D eigenvalue weighted by Crippen LogP contribution is 2.16. The summed E-state index contributed by atoms with van der Waals surface area (Å²) in [6, 6.07) is 15.0. The molecule has 1 fully saturated rings. The summed E-state index contributed by atoms with van der Waals surface area (Å²) in [6.07, 6.45) is 4.22. The number of piperazine rings is 1. The number of aromatic nitrogens is 2. The summed E-state index contributed by atoms with van der Waals surface area (Å²) in [5.74, 6) is -0.0683. The molecule has 1 saturated heterocycles. The molecule has 4 rings (SSSR count). The molecular formula is C23H23ClN4O2. The van der Waals surface area contributed by atoms with Crippen molar-refractivity contribution in [3.8, 4) is 5.69 Å². The van der Waals surface area contributed by atoms with Gasteiger partial charge in [-0.2, -0.15) is 5.10 Å². The second-order valence-corrected chi connectivity index (χ2v) is 7.72. The number of nitrogens with zero attached hydrogens (tertiary/aromatic N) is 4. The van der Waals surface area contributed by atoms with E-state index in [1.165, 1.54) is 5.56 Å². The Balaban J connectivity index is 1.38. The van der Waals surface area contributed by atoms with Crippen LogP contribution in [0.2, 0.25) is 5.02 Å². The number of carbonyl (C=O) groups is 2. The van der Waals surface area contributed by atoms with Crippen LogP contribution in [0.3, 0.4) is 0 Å². The normalized spacial score (nSPS) is 14.1. The molecule has 1 aliphatic rings. The van der Waals surface area contributed by atoms with E-state index in [9.17, 15) is 9.59 Å². The number of hydrogen-bond donors (Lipinski definition) is 0. The topological polar surface area (TPSA) is 58.4 Å². The van der Waals surface area contributed by atoms with Crippen molar-refractivity contribution in [3.05, 3.63) is 82.6 Å². The molecule has 2 amide bonds. The van der Waals surface area contributed by atoms with Crippen molar-refractivity contribution in [2.75, 3.05) is 26.2 Å². The SMILES string of the molecule is CCc1ccc(C(=O)N2CCN(C(=O)c3cnn(-c4cccc(Cl)c4)c3)CC2)cc1. The first-order valence-corrected chi connectivity index (χ1v) is 10.4. The van der Waals surface area contributed by atoms with Gasteiger partial charge in [0.2, 0.25) is 0 Å². The van der Waals surface area contributed by atoms with Crippen molar-refractivity contribution in [1.29, 1.82) is 0 Å². The summed E-state index contributed by atoms with van der Waals surface area (Å²) in [5.41, 5.74) is 3.21. The molecule has 0 radical (unpaired) electrons. The van der Waals surface area contributed by atoms with Crippen LogP contribution in [0.15, 0.2) is 60.9 Å². The molecule has 6 nitrogen and oxygen atoms in total. The van der Waals surface area contributed by atoms with Crippen molar-refractivity contribution in [2.45, 2.75) is 13.3 Å². The van der Waals surface area contributed by atoms with E-state index in [-0.39, 0.29) is 11.8 Å². The van der Waals surface area contributed by atoms with E-state index in [1.807, 2.05) is 36.4 Å². The van der Waals surface area contributed by atoms with Gasteiger partial charge in [0.1, 0.15) is 0 Å². The van der Waals surface area contributed by atoms with Crippen molar-refractivity contribution in [1.82, 2.24) is 19.6 Å². The Morgan fingerprint density at radius 3 is 2.17 bits per heavy atom. The van der Waals surface area contributed by atoms with E-state index >= 15 is 0 Å². The molecule has 0 unspecified atom stereocenters. The summed E-state index contributed by atoms with van der Waals surface area (Å²) >= 11 is 6.04. The fourth-order valence-electron chi connectivity index (χ4n) is 3.55. The summed E-state index contributed by atoms with van der Waals surface area (Å²) in [4.78, 5) is 29.2. The molecule has 0 saturated carbocycles. The lowest BCUT2D eigenvalue weighted by Crippen LogP contribution is -2.50. The lowest BCUT2D eigenvalue weighted by atomic mass is 10.1. The van der Waals surface area contributed by atoms with Crippen LogP contribution in [0.4, 0.5) is 0 Å². The van der Waals surface area contributed by atoms with Gasteiger partial charge in [-0.15, -0.1) is 0 Å². The molecule has 30 heavy (non-hydrogen) atoms. The number of amides is 2. The molecule has 0 bridgehead atoms. The molecule has 0 aliphatic carbocycles. The standard InChI is InChI=1S/C23H23ClN4O2/c1-2-17-6-8-18(9-7-17)22(29)26-10-12-27(13-11-26)23(30)19-15-25-28(16-19)21-5-3-4-20(24)14-21/h3-9,14-16H,2,10-13H2,1H3. The second-order valence-electron chi connectivity index (χ2n) is 7.29. The van der Waals surface area contributed by atoms with Crippen LogP contribution in [-0.2, 0) is 6.42 Å². The molecule has 1 aromatic heterocycles. The smallest absolute Gasteiger partial charge is 0.257 e. The quantitative estimate of drug-likeness (QED) is 0.644. The minimum atomic E-state index is -0.0809. The number of hydrogen-bond acceptors (Lipinski definition) is 3. The minimum absolute atomic E-state index is 0.0125. The van der Waals surface area contributed by atoms with Gasteiger partial charge in [0, 0.05) is 43.0 Å². The number of benzene rings is 2. The van der Waals surface area contributed by atoms with Gasteiger partial charge in [0.25, 0.3) is 11.8 Å². The van der Waals surface area contributed by atoms with Crippen molar-refractivity contribution in [2.24, 2.45) is 0 Å². The molecule has 1 aliphatic heterocycles. The van der Waals surface area contributed by atoms with Gasteiger partial charge in [-0.3, -0.25) is 9.59 Å². The van der Waals surface area contributed by atoms with Gasteiger partial charge in [-0.25, -0.2) is 4.68 Å². The summed E-state index contributed by atoms with van der Waals surface area (Å²) < 4.78 is 1.64. The zero-order chi connectivity index (χ0) is 21.1. The maximum atomic E-state index is 12.9. The van der Waals surface area contributed by atoms with E-state index in [1.54, 1.807) is 39.0 Å². The molecule has 3 aromatic rings. The predicted molar refractivity (Wildman–Crippen MR) is 116 cm³/mol. The van der Waals surface area contributed by atoms with Crippen LogP contribution in [-0.4, -0.2) is 57.6 Å². The molecule has 2 heterocycles. The lowest BCUT2D eigenvalue weighted by Gasteiger charge is -2.34. The van der Waals surface area contributed by atoms with Crippen molar-refractivity contribution in [3.63, 3.8) is 0 Å². The van der Waals surface area contributed by atoms with Crippen LogP contribution >= 0.6 is 11.6 Å². The maximum Gasteiger partial charge on any atom is 0.257 e. The molecular weight excluding hydrogens is 400 g/mol. The molecule has 0 N–H and O–H groups in total. The molecule has 0 atom stereocenters. The number of carbonyl (C=O) groups excluding carboxylic acids is 2. The van der Waals surface area contributed by atoms with Crippen LogP contribution < -0.4 is 0 Å². The molecule has 0 spiro atoms. The minimum Gasteiger partial charge on any atom is -0.335 e. The Morgan fingerprint density at radius 1 is 0.933 bits per heavy atom. The number of halogens is 1. The average Bonchev–Trinajstić information content (AvgIpc) is 3.29. The fraction of sp³-hybridized carbons (Fsp3) is 0.261. The first-order valence-electron chi connectivity index (χ1n) is 10.0. The van der Waals surface area contributed by atoms with E-state index in [4.69, 9.17) is 11.6 Å². The van der Waals surface area contributed by atoms with Gasteiger partial charge in [-0.1, -0.05) is 36.7 Å². The molecule has 7 heteroatoms. The predicted octanol–water partition coefficient (Wildman–Crippen LogP) is 3.69. The summed E-state index contributed by atoms with van der Waals surface area (Å²) in [7, 11) is 0. The first kappa shape index (κ1) is 20.2. The van der Waals surface area contributed by atoms with E-state index in [0.717, 1.165) is 12.1 Å². The van der Waals surface area contributed by atoms with Crippen LogP contribution in [0, 0.1) is 0 Å². The van der Waals surface area contributed by atoms with Gasteiger partial charge in [-0.05, 0) is 42.3 Å². The van der Waals surface area contributed by atoms with E-state index in [0.29, 0.717) is 42.3 Å². The average molecular weight is 423 g/mol. The Kier molecular flexibility index (Phi) is 5.86. The van der Waals surface area contributed by atoms with Gasteiger partial charge in [0.05, 0.1) is 17.4 Å². The molecule has 2 aromatic carbocycles. The second kappa shape index (κ2) is 8.71. The zero-order valence-electron chi connectivity index (χ0n) is 16.8. The Hall–Kier alpha value is -3.12. The van der Waals surface area contributed by atoms with Crippen LogP contribution in [0.5, 0.6) is 0 Å². The van der Waals surface area contributed by atoms with E-state index < -0.39 is 0 Å². The van der Waals surface area contributed by atoms with Crippen molar-refractivity contribution < 1.29 is 9.59 Å². The summed E-state index contributed by atoms with van der Waals surface area (Å²) in [6.45, 7) is 4.12. The highest BCUT2D eigenvalue weighted by Gasteiger charge is 2.26. The van der Waals surface area contributed by atoms with Crippen LogP contribution in [0.1, 0.15) is 33.2 Å². The lowest BCUT2D eigenvalue weighted by molar-refractivity contribution is 0.0535. The Bertz CT molecular complexity index is 1050. The number of aryl methyl sites for hydroxylation is 1. The van der Waals surface area contributed by atoms with Gasteiger partial charge < -0.3 is 9.80 Å². The third kappa shape index (κ3) is 4.24. The maximum absolute atomic E-state index is 12.9. The first-order chi connectivity index (χ1) is 14.5. The van der Waals surface area contributed by atoms with Crippen LogP contribution in [0.25, 0.3) is 5.69 Å². The largest absolute Gasteiger partial charge is 0.335 e. The number of rotatable bonds is 4. The zero-order valence-corrected chi connectivity index (χ0v) is 17.5. The Labute approximate surface area is 180 Å². The Morgan fingerprint density at radius 2 is 1.57 bits per heavy atom. The third-order valence-electron chi connectivity index (χ3n) is 5.37. The summed E-state index contributed by atoms with van der Waals surface area (Å²) in [5, 5.41) is 4.90. The fourth-order valence-corrected chi connectivity index (χ4v) is 3.74.